The van der Waals surface area contributed by atoms with Crippen molar-refractivity contribution < 1.29 is 4.39 Å². The van der Waals surface area contributed by atoms with Gasteiger partial charge in [0, 0.05) is 38.3 Å². The average Bonchev–Trinajstić information content (AvgIpc) is 2.55. The first kappa shape index (κ1) is 15.9. The molecule has 2 atom stereocenters. The van der Waals surface area contributed by atoms with Crippen LogP contribution in [0.1, 0.15) is 37.8 Å². The molecule has 0 amide bonds. The molecule has 0 aromatic heterocycles. The van der Waals surface area contributed by atoms with Gasteiger partial charge in [-0.15, -0.1) is 0 Å². The van der Waals surface area contributed by atoms with Crippen LogP contribution < -0.4 is 5.32 Å². The molecule has 2 heterocycles. The van der Waals surface area contributed by atoms with E-state index in [9.17, 15) is 4.39 Å². The molecule has 0 aliphatic carbocycles. The van der Waals surface area contributed by atoms with Gasteiger partial charge in [-0.05, 0) is 50.6 Å². The molecule has 22 heavy (non-hydrogen) atoms. The Morgan fingerprint density at radius 2 is 1.86 bits per heavy atom. The van der Waals surface area contributed by atoms with Gasteiger partial charge in [0.05, 0.1) is 0 Å². The highest BCUT2D eigenvalue weighted by Gasteiger charge is 2.29. The summed E-state index contributed by atoms with van der Waals surface area (Å²) in [5.74, 6) is -0.145. The van der Waals surface area contributed by atoms with Crippen molar-refractivity contribution in [1.29, 1.82) is 0 Å². The van der Waals surface area contributed by atoms with Gasteiger partial charge in [0.2, 0.25) is 0 Å². The summed E-state index contributed by atoms with van der Waals surface area (Å²) in [5.41, 5.74) is 1.25. The van der Waals surface area contributed by atoms with E-state index in [-0.39, 0.29) is 5.82 Å². The van der Waals surface area contributed by atoms with Crippen LogP contribution in [0.5, 0.6) is 0 Å². The number of rotatable bonds is 4. The van der Waals surface area contributed by atoms with Gasteiger partial charge in [0.15, 0.2) is 0 Å². The van der Waals surface area contributed by atoms with Crippen molar-refractivity contribution in [1.82, 2.24) is 15.1 Å². The maximum atomic E-state index is 13.3. The zero-order valence-electron chi connectivity index (χ0n) is 13.6. The summed E-state index contributed by atoms with van der Waals surface area (Å²) in [7, 11) is 0. The molecule has 3 nitrogen and oxygen atoms in total. The Bertz CT molecular complexity index is 456. The van der Waals surface area contributed by atoms with Crippen LogP contribution in [0, 0.1) is 5.82 Å². The number of likely N-dealkylation sites (tertiary alicyclic amines) is 1. The maximum Gasteiger partial charge on any atom is 0.123 e. The predicted octanol–water partition coefficient (Wildman–Crippen LogP) is 2.65. The Morgan fingerprint density at radius 1 is 1.14 bits per heavy atom. The van der Waals surface area contributed by atoms with Gasteiger partial charge < -0.3 is 10.2 Å². The van der Waals surface area contributed by atoms with E-state index in [0.717, 1.165) is 26.2 Å². The Balaban J connectivity index is 1.78. The van der Waals surface area contributed by atoms with Crippen LogP contribution in [0.25, 0.3) is 0 Å². The minimum atomic E-state index is -0.145. The molecule has 4 heteroatoms. The van der Waals surface area contributed by atoms with E-state index in [4.69, 9.17) is 0 Å². The minimum absolute atomic E-state index is 0.145. The smallest absolute Gasteiger partial charge is 0.123 e. The fourth-order valence-electron chi connectivity index (χ4n) is 3.79. The normalized spacial score (nSPS) is 26.0. The lowest BCUT2D eigenvalue weighted by atomic mass is 10.00. The molecule has 2 aliphatic heterocycles. The first-order valence-electron chi connectivity index (χ1n) is 8.68. The third-order valence-corrected chi connectivity index (χ3v) is 5.09. The summed E-state index contributed by atoms with van der Waals surface area (Å²) >= 11 is 0. The number of hydrogen-bond donors (Lipinski definition) is 1. The lowest BCUT2D eigenvalue weighted by Gasteiger charge is -2.42. The highest BCUT2D eigenvalue weighted by molar-refractivity contribution is 5.21. The Labute approximate surface area is 133 Å². The van der Waals surface area contributed by atoms with Gasteiger partial charge in [-0.1, -0.05) is 18.6 Å². The first-order chi connectivity index (χ1) is 10.7. The average molecular weight is 305 g/mol. The molecule has 3 rings (SSSR count). The summed E-state index contributed by atoms with van der Waals surface area (Å²) in [6.07, 6.45) is 3.99. The summed E-state index contributed by atoms with van der Waals surface area (Å²) < 4.78 is 13.3. The second-order valence-corrected chi connectivity index (χ2v) is 6.72. The topological polar surface area (TPSA) is 18.5 Å². The SMILES string of the molecule is CC1CNCCN1C(CN1CCCCC1)c1ccc(F)cc1. The Hall–Kier alpha value is -0.970. The van der Waals surface area contributed by atoms with Crippen molar-refractivity contribution in [2.24, 2.45) is 0 Å². The number of piperidine rings is 1. The van der Waals surface area contributed by atoms with Crippen LogP contribution in [-0.4, -0.2) is 55.1 Å². The maximum absolute atomic E-state index is 13.3. The molecule has 2 fully saturated rings. The van der Waals surface area contributed by atoms with Gasteiger partial charge in [-0.2, -0.15) is 0 Å². The monoisotopic (exact) mass is 305 g/mol. The third-order valence-electron chi connectivity index (χ3n) is 5.09. The molecule has 1 aromatic carbocycles. The van der Waals surface area contributed by atoms with Gasteiger partial charge in [-0.25, -0.2) is 4.39 Å². The van der Waals surface area contributed by atoms with Crippen LogP contribution in [0.3, 0.4) is 0 Å². The van der Waals surface area contributed by atoms with E-state index in [2.05, 4.69) is 22.0 Å². The molecule has 0 saturated carbocycles. The molecule has 1 aromatic rings. The number of halogens is 1. The molecular weight excluding hydrogens is 277 g/mol. The van der Waals surface area contributed by atoms with Crippen LogP contribution in [0.2, 0.25) is 0 Å². The number of piperazine rings is 1. The largest absolute Gasteiger partial charge is 0.314 e. The van der Waals surface area contributed by atoms with Crippen LogP contribution in [0.15, 0.2) is 24.3 Å². The van der Waals surface area contributed by atoms with E-state index < -0.39 is 0 Å². The van der Waals surface area contributed by atoms with Crippen LogP contribution in [0.4, 0.5) is 4.39 Å². The summed E-state index contributed by atoms with van der Waals surface area (Å²) in [4.78, 5) is 5.19. The van der Waals surface area contributed by atoms with Gasteiger partial charge >= 0.3 is 0 Å². The van der Waals surface area contributed by atoms with Crippen molar-refractivity contribution in [2.45, 2.75) is 38.3 Å². The second kappa shape index (κ2) is 7.53. The molecule has 2 aliphatic rings. The second-order valence-electron chi connectivity index (χ2n) is 6.72. The van der Waals surface area contributed by atoms with Gasteiger partial charge in [0.25, 0.3) is 0 Å². The molecule has 0 spiro atoms. The van der Waals surface area contributed by atoms with Crippen LogP contribution >= 0.6 is 0 Å². The number of hydrogen-bond acceptors (Lipinski definition) is 3. The van der Waals surface area contributed by atoms with Crippen molar-refractivity contribution in [3.05, 3.63) is 35.6 Å². The quantitative estimate of drug-likeness (QED) is 0.922. The Morgan fingerprint density at radius 3 is 2.55 bits per heavy atom. The standard InChI is InChI=1S/C18H28FN3/c1-15-13-20-9-12-22(15)18(14-21-10-3-2-4-11-21)16-5-7-17(19)8-6-16/h5-8,15,18,20H,2-4,9-14H2,1H3. The number of benzene rings is 1. The van der Waals surface area contributed by atoms with Crippen molar-refractivity contribution in [2.75, 3.05) is 39.3 Å². The van der Waals surface area contributed by atoms with Crippen LogP contribution in [-0.2, 0) is 0 Å². The molecular formula is C18H28FN3. The molecule has 2 unspecified atom stereocenters. The third kappa shape index (κ3) is 3.86. The minimum Gasteiger partial charge on any atom is -0.314 e. The van der Waals surface area contributed by atoms with Gasteiger partial charge in [0.1, 0.15) is 5.82 Å². The van der Waals surface area contributed by atoms with Crippen molar-refractivity contribution in [3.8, 4) is 0 Å². The zero-order chi connectivity index (χ0) is 15.4. The molecule has 1 N–H and O–H groups in total. The van der Waals surface area contributed by atoms with E-state index in [0.29, 0.717) is 12.1 Å². The van der Waals surface area contributed by atoms with E-state index in [1.54, 1.807) is 12.1 Å². The van der Waals surface area contributed by atoms with Crippen molar-refractivity contribution in [3.63, 3.8) is 0 Å². The van der Waals surface area contributed by atoms with E-state index >= 15 is 0 Å². The first-order valence-corrected chi connectivity index (χ1v) is 8.68. The summed E-state index contributed by atoms with van der Waals surface area (Å²) in [6.45, 7) is 8.92. The molecule has 0 bridgehead atoms. The molecule has 2 saturated heterocycles. The summed E-state index contributed by atoms with van der Waals surface area (Å²) in [5, 5.41) is 3.47. The molecule has 122 valence electrons. The highest BCUT2D eigenvalue weighted by atomic mass is 19.1. The highest BCUT2D eigenvalue weighted by Crippen LogP contribution is 2.26. The van der Waals surface area contributed by atoms with Gasteiger partial charge in [-0.3, -0.25) is 4.90 Å². The predicted molar refractivity (Wildman–Crippen MR) is 88.5 cm³/mol. The Kier molecular flexibility index (Phi) is 5.45. The van der Waals surface area contributed by atoms with Crippen molar-refractivity contribution >= 4 is 0 Å². The lowest BCUT2D eigenvalue weighted by molar-refractivity contribution is 0.0779. The molecule has 0 radical (unpaired) electrons. The lowest BCUT2D eigenvalue weighted by Crippen LogP contribution is -2.53. The van der Waals surface area contributed by atoms with E-state index in [1.165, 1.54) is 37.9 Å². The fraction of sp³-hybridized carbons (Fsp3) is 0.667. The van der Waals surface area contributed by atoms with E-state index in [1.807, 2.05) is 12.1 Å². The zero-order valence-corrected chi connectivity index (χ0v) is 13.6. The summed E-state index contributed by atoms with van der Waals surface area (Å²) in [6, 6.07) is 8.04. The fourth-order valence-corrected chi connectivity index (χ4v) is 3.79. The number of nitrogens with zero attached hydrogens (tertiary/aromatic N) is 2. The number of nitrogens with one attached hydrogen (secondary N) is 1.